The Labute approximate surface area is 310 Å². The molecule has 7 amide bonds. The number of ether oxygens (including phenoxy) is 2. The second kappa shape index (κ2) is 19.8. The highest BCUT2D eigenvalue weighted by Crippen LogP contribution is 2.40. The first-order chi connectivity index (χ1) is 25.7. The number of nitrogens with two attached hydrogens (primary N) is 2. The summed E-state index contributed by atoms with van der Waals surface area (Å²) in [6.45, 7) is 0.880. The number of hydrogen-bond donors (Lipinski definition) is 7. The average molecular weight is 747 g/mol. The second-order valence-corrected chi connectivity index (χ2v) is 12.1. The highest BCUT2D eigenvalue weighted by atomic mass is 16.5. The van der Waals surface area contributed by atoms with Crippen LogP contribution in [0.2, 0.25) is 0 Å². The molecule has 0 saturated heterocycles. The van der Waals surface area contributed by atoms with Gasteiger partial charge >= 0.3 is 0 Å². The summed E-state index contributed by atoms with van der Waals surface area (Å²) in [7, 11) is 1.33. The molecule has 4 bridgehead atoms. The summed E-state index contributed by atoms with van der Waals surface area (Å²) in [6.07, 6.45) is -0.0892. The van der Waals surface area contributed by atoms with Crippen molar-refractivity contribution in [1.29, 1.82) is 10.5 Å². The van der Waals surface area contributed by atoms with Crippen LogP contribution >= 0.6 is 0 Å². The zero-order chi connectivity index (χ0) is 39.9. The Kier molecular flexibility index (Phi) is 15.3. The van der Waals surface area contributed by atoms with Gasteiger partial charge in [0.2, 0.25) is 29.5 Å². The van der Waals surface area contributed by atoms with E-state index in [1.165, 1.54) is 45.2 Å². The molecule has 0 fully saturated rings. The number of nitriles is 2. The van der Waals surface area contributed by atoms with Crippen LogP contribution in [-0.2, 0) is 40.0 Å². The second-order valence-electron chi connectivity index (χ2n) is 12.1. The van der Waals surface area contributed by atoms with E-state index in [9.17, 15) is 33.6 Å². The zero-order valence-corrected chi connectivity index (χ0v) is 29.9. The molecule has 2 aromatic carbocycles. The van der Waals surface area contributed by atoms with Crippen molar-refractivity contribution < 1.29 is 43.0 Å². The van der Waals surface area contributed by atoms with Crippen LogP contribution < -0.4 is 47.5 Å². The predicted octanol–water partition coefficient (Wildman–Crippen LogP) is -2.23. The summed E-state index contributed by atoms with van der Waals surface area (Å²) in [6, 6.07) is 7.49. The Hall–Kier alpha value is -6.73. The number of carbonyl (C=O) groups excluding carboxylic acids is 7. The number of amides is 7. The van der Waals surface area contributed by atoms with Crippen LogP contribution in [0.15, 0.2) is 36.4 Å². The predicted molar refractivity (Wildman–Crippen MR) is 189 cm³/mol. The smallest absolute Gasteiger partial charge is 0.258 e. The van der Waals surface area contributed by atoms with Crippen molar-refractivity contribution in [2.75, 3.05) is 39.9 Å². The van der Waals surface area contributed by atoms with Crippen molar-refractivity contribution in [3.05, 3.63) is 47.5 Å². The van der Waals surface area contributed by atoms with Crippen molar-refractivity contribution in [1.82, 2.24) is 31.5 Å². The molecule has 1 heterocycles. The minimum Gasteiger partial charge on any atom is -0.483 e. The number of benzene rings is 2. The molecule has 2 aromatic rings. The standard InChI is InChI=1S/C35H42N10O9/c1-19-32(49)44-26(33(50)41-13-11-38)15-21-4-6-27(54-18-30(48)40-12-10-37)23(14-21)24-16-22(5-7-28(24)53-17-29(39)47)31(34(51)42-19)45(3)35(52)25(8-9-36)43-20(2)46/h4-7,14,16,19,25-26,31H,8-9,12-13,15,17-18,36H2,1-3H3,(H2,39,47)(H,40,48)(H,41,50)(H,42,51)(H,43,46)(H,44,49)/t19-,25-,26-,31-/m0/s1. The van der Waals surface area contributed by atoms with Crippen molar-refractivity contribution in [3.8, 4) is 34.8 Å². The molecule has 54 heavy (non-hydrogen) atoms. The molecule has 0 aliphatic carbocycles. The van der Waals surface area contributed by atoms with E-state index in [2.05, 4.69) is 26.6 Å². The van der Waals surface area contributed by atoms with E-state index < -0.39 is 78.7 Å². The Morgan fingerprint density at radius 3 is 2.20 bits per heavy atom. The molecule has 0 saturated carbocycles. The van der Waals surface area contributed by atoms with Gasteiger partial charge in [-0.05, 0) is 55.3 Å². The molecule has 1 aliphatic heterocycles. The molecule has 0 aromatic heterocycles. The van der Waals surface area contributed by atoms with Crippen molar-refractivity contribution in [2.45, 2.75) is 50.9 Å². The maximum atomic E-state index is 14.2. The zero-order valence-electron chi connectivity index (χ0n) is 29.9. The van der Waals surface area contributed by atoms with E-state index >= 15 is 0 Å². The fourth-order valence-corrected chi connectivity index (χ4v) is 5.52. The van der Waals surface area contributed by atoms with E-state index in [4.69, 9.17) is 31.5 Å². The Balaban J connectivity index is 2.34. The molecule has 19 heteroatoms. The molecule has 9 N–H and O–H groups in total. The summed E-state index contributed by atoms with van der Waals surface area (Å²) in [5.74, 6) is -4.78. The summed E-state index contributed by atoms with van der Waals surface area (Å²) in [4.78, 5) is 92.0. The van der Waals surface area contributed by atoms with Gasteiger partial charge in [0.1, 0.15) is 48.8 Å². The van der Waals surface area contributed by atoms with Gasteiger partial charge in [-0.15, -0.1) is 0 Å². The molecular formula is C35H42N10O9. The lowest BCUT2D eigenvalue weighted by Gasteiger charge is -2.32. The maximum absolute atomic E-state index is 14.2. The summed E-state index contributed by atoms with van der Waals surface area (Å²) in [5, 5.41) is 30.4. The number of fused-ring (bicyclic) bond motifs is 5. The van der Waals surface area contributed by atoms with Crippen LogP contribution in [-0.4, -0.2) is 104 Å². The summed E-state index contributed by atoms with van der Waals surface area (Å²) < 4.78 is 11.6. The Bertz CT molecular complexity index is 1850. The molecule has 0 unspecified atom stereocenters. The highest BCUT2D eigenvalue weighted by Gasteiger charge is 2.35. The van der Waals surface area contributed by atoms with Gasteiger partial charge in [0.05, 0.1) is 12.1 Å². The van der Waals surface area contributed by atoms with E-state index in [1.807, 2.05) is 0 Å². The third kappa shape index (κ3) is 11.4. The van der Waals surface area contributed by atoms with Gasteiger partial charge < -0.3 is 52.4 Å². The average Bonchev–Trinajstić information content (AvgIpc) is 3.13. The summed E-state index contributed by atoms with van der Waals surface area (Å²) in [5.41, 5.74) is 12.2. The quantitative estimate of drug-likeness (QED) is 0.101. The van der Waals surface area contributed by atoms with E-state index in [1.54, 1.807) is 24.3 Å². The summed E-state index contributed by atoms with van der Waals surface area (Å²) >= 11 is 0. The first kappa shape index (κ1) is 41.7. The number of primary amides is 1. The highest BCUT2D eigenvalue weighted by molar-refractivity contribution is 5.96. The largest absolute Gasteiger partial charge is 0.483 e. The molecule has 4 atom stereocenters. The van der Waals surface area contributed by atoms with E-state index in [0.29, 0.717) is 5.56 Å². The molecule has 0 radical (unpaired) electrons. The van der Waals surface area contributed by atoms with Crippen LogP contribution in [0.3, 0.4) is 0 Å². The van der Waals surface area contributed by atoms with Crippen LogP contribution in [0, 0.1) is 22.7 Å². The van der Waals surface area contributed by atoms with Crippen molar-refractivity contribution in [2.24, 2.45) is 11.5 Å². The number of rotatable bonds is 14. The fourth-order valence-electron chi connectivity index (χ4n) is 5.52. The van der Waals surface area contributed by atoms with Crippen LogP contribution in [0.25, 0.3) is 11.1 Å². The van der Waals surface area contributed by atoms with Gasteiger partial charge in [-0.25, -0.2) is 0 Å². The third-order valence-corrected chi connectivity index (χ3v) is 8.03. The number of nitrogens with zero attached hydrogens (tertiary/aromatic N) is 3. The number of likely N-dealkylation sites (N-methyl/N-ethyl adjacent to an activating group) is 1. The molecule has 1 aliphatic rings. The number of carbonyl (C=O) groups is 7. The number of nitrogens with one attached hydrogen (secondary N) is 5. The lowest BCUT2D eigenvalue weighted by Crippen LogP contribution is -2.56. The minimum atomic E-state index is -1.47. The van der Waals surface area contributed by atoms with E-state index in [0.717, 1.165) is 4.90 Å². The molecule has 19 nitrogen and oxygen atoms in total. The lowest BCUT2D eigenvalue weighted by molar-refractivity contribution is -0.142. The molecular weight excluding hydrogens is 704 g/mol. The number of hydrogen-bond acceptors (Lipinski definition) is 12. The lowest BCUT2D eigenvalue weighted by atomic mass is 9.93. The SMILES string of the molecule is CC(=O)N[C@@H](CCN)C(=O)N(C)[C@@H]1C(=O)N[C@@H](C)C(=O)N[C@H](C(=O)NCC#N)Cc2ccc(OCC(=O)NCC#N)c(c2)-c2cc1ccc2OCC(N)=O. The van der Waals surface area contributed by atoms with Crippen LogP contribution in [0.1, 0.15) is 37.4 Å². The molecule has 286 valence electrons. The van der Waals surface area contributed by atoms with Crippen LogP contribution in [0.4, 0.5) is 0 Å². The molecule has 0 spiro atoms. The fraction of sp³-hybridized carbons (Fsp3) is 0.400. The molecule has 3 rings (SSSR count). The Morgan fingerprint density at radius 1 is 0.944 bits per heavy atom. The van der Waals surface area contributed by atoms with Gasteiger partial charge in [-0.2, -0.15) is 10.5 Å². The van der Waals surface area contributed by atoms with Gasteiger partial charge in [-0.3, -0.25) is 33.6 Å². The van der Waals surface area contributed by atoms with Gasteiger partial charge in [0.15, 0.2) is 13.2 Å². The first-order valence-corrected chi connectivity index (χ1v) is 16.6. The van der Waals surface area contributed by atoms with Gasteiger partial charge in [0.25, 0.3) is 11.8 Å². The first-order valence-electron chi connectivity index (χ1n) is 16.6. The maximum Gasteiger partial charge on any atom is 0.258 e. The van der Waals surface area contributed by atoms with Gasteiger partial charge in [-0.1, -0.05) is 12.1 Å². The van der Waals surface area contributed by atoms with E-state index in [-0.39, 0.29) is 60.7 Å². The van der Waals surface area contributed by atoms with Gasteiger partial charge in [0, 0.05) is 31.5 Å². The Morgan fingerprint density at radius 2 is 1.57 bits per heavy atom. The topological polar surface area (TPSA) is 301 Å². The normalized spacial score (nSPS) is 17.0. The van der Waals surface area contributed by atoms with Crippen molar-refractivity contribution >= 4 is 41.4 Å². The minimum absolute atomic E-state index is 0.0193. The van der Waals surface area contributed by atoms with Crippen molar-refractivity contribution in [3.63, 3.8) is 0 Å². The van der Waals surface area contributed by atoms with Crippen LogP contribution in [0.5, 0.6) is 11.5 Å². The monoisotopic (exact) mass is 746 g/mol. The third-order valence-electron chi connectivity index (χ3n) is 8.03.